The topological polar surface area (TPSA) is 75.5 Å². The van der Waals surface area contributed by atoms with Crippen LogP contribution in [0.25, 0.3) is 11.3 Å². The predicted molar refractivity (Wildman–Crippen MR) is 117 cm³/mol. The second kappa shape index (κ2) is 8.54. The maximum atomic E-state index is 12.8. The Hall–Kier alpha value is -3.39. The molecule has 0 bridgehead atoms. The minimum atomic E-state index is -0.286. The van der Waals surface area contributed by atoms with Gasteiger partial charge in [0, 0.05) is 56.7 Å². The lowest BCUT2D eigenvalue weighted by molar-refractivity contribution is 0.102. The fraction of sp³-hybridized carbons (Fsp3) is 0.318. The average Bonchev–Trinajstić information content (AvgIpc) is 3.21. The lowest BCUT2D eigenvalue weighted by Gasteiger charge is -2.34. The van der Waals surface area contributed by atoms with Crippen LogP contribution in [-0.2, 0) is 7.05 Å². The number of anilines is 2. The number of aryl methyl sites for hydroxylation is 1. The van der Waals surface area contributed by atoms with Crippen molar-refractivity contribution in [1.82, 2.24) is 19.7 Å². The van der Waals surface area contributed by atoms with Crippen LogP contribution in [0.4, 0.5) is 11.4 Å². The number of carbonyl (C=O) groups excluding carboxylic acids is 1. The monoisotopic (exact) mass is 406 g/mol. The predicted octanol–water partition coefficient (Wildman–Crippen LogP) is 2.49. The molecular formula is C22H26N6O2. The van der Waals surface area contributed by atoms with Crippen molar-refractivity contribution in [2.75, 3.05) is 50.6 Å². The van der Waals surface area contributed by atoms with E-state index >= 15 is 0 Å². The minimum Gasteiger partial charge on any atom is -0.494 e. The van der Waals surface area contributed by atoms with Gasteiger partial charge in [0.1, 0.15) is 11.4 Å². The number of carbonyl (C=O) groups is 1. The van der Waals surface area contributed by atoms with Gasteiger partial charge in [-0.15, -0.1) is 0 Å². The zero-order valence-electron chi connectivity index (χ0n) is 17.5. The van der Waals surface area contributed by atoms with Crippen LogP contribution in [0, 0.1) is 0 Å². The van der Waals surface area contributed by atoms with Gasteiger partial charge in [0.25, 0.3) is 5.91 Å². The van der Waals surface area contributed by atoms with Crippen LogP contribution in [0.15, 0.2) is 48.8 Å². The number of rotatable bonds is 5. The van der Waals surface area contributed by atoms with E-state index in [0.29, 0.717) is 22.8 Å². The molecule has 30 heavy (non-hydrogen) atoms. The summed E-state index contributed by atoms with van der Waals surface area (Å²) in [6.07, 6.45) is 3.59. The third kappa shape index (κ3) is 4.28. The molecule has 0 atom stereocenters. The maximum absolute atomic E-state index is 12.8. The number of ether oxygens (including phenoxy) is 1. The van der Waals surface area contributed by atoms with Crippen molar-refractivity contribution < 1.29 is 9.53 Å². The number of hydrogen-bond donors (Lipinski definition) is 1. The largest absolute Gasteiger partial charge is 0.494 e. The van der Waals surface area contributed by atoms with E-state index in [1.54, 1.807) is 24.1 Å². The highest BCUT2D eigenvalue weighted by Gasteiger charge is 2.17. The lowest BCUT2D eigenvalue weighted by atomic mass is 10.2. The van der Waals surface area contributed by atoms with Crippen molar-refractivity contribution in [3.8, 4) is 17.0 Å². The number of piperazine rings is 1. The van der Waals surface area contributed by atoms with Crippen molar-refractivity contribution >= 4 is 17.3 Å². The van der Waals surface area contributed by atoms with Crippen molar-refractivity contribution in [2.45, 2.75) is 0 Å². The molecule has 0 aliphatic carbocycles. The third-order valence-electron chi connectivity index (χ3n) is 5.28. The zero-order chi connectivity index (χ0) is 21.1. The molecule has 1 fully saturated rings. The van der Waals surface area contributed by atoms with Gasteiger partial charge in [0.2, 0.25) is 0 Å². The standard InChI is InChI=1S/C22H26N6O2/c1-26-9-11-28(12-10-26)17-7-8-19(21(13-17)30-3)25-22(29)20-6-4-5-18(24-20)16-14-23-27(2)15-16/h4-8,13-15H,9-12H2,1-3H3,(H,25,29). The Morgan fingerprint density at radius 3 is 2.60 bits per heavy atom. The van der Waals surface area contributed by atoms with Gasteiger partial charge >= 0.3 is 0 Å². The molecule has 0 radical (unpaired) electrons. The Morgan fingerprint density at radius 2 is 1.90 bits per heavy atom. The van der Waals surface area contributed by atoms with Crippen LogP contribution in [0.3, 0.4) is 0 Å². The Bertz CT molecular complexity index is 1040. The van der Waals surface area contributed by atoms with Crippen LogP contribution in [0.2, 0.25) is 0 Å². The second-order valence-corrected chi connectivity index (χ2v) is 7.44. The van der Waals surface area contributed by atoms with Crippen LogP contribution in [0.5, 0.6) is 5.75 Å². The highest BCUT2D eigenvalue weighted by molar-refractivity contribution is 6.04. The SMILES string of the molecule is COc1cc(N2CCN(C)CC2)ccc1NC(=O)c1cccc(-c2cnn(C)c2)n1. The van der Waals surface area contributed by atoms with Crippen LogP contribution in [0.1, 0.15) is 10.5 Å². The van der Waals surface area contributed by atoms with Gasteiger partial charge < -0.3 is 19.9 Å². The summed E-state index contributed by atoms with van der Waals surface area (Å²) in [6, 6.07) is 11.2. The number of methoxy groups -OCH3 is 1. The summed E-state index contributed by atoms with van der Waals surface area (Å²) in [5.41, 5.74) is 3.61. The second-order valence-electron chi connectivity index (χ2n) is 7.44. The van der Waals surface area contributed by atoms with E-state index in [1.165, 1.54) is 0 Å². The van der Waals surface area contributed by atoms with Crippen LogP contribution >= 0.6 is 0 Å². The first kappa shape index (κ1) is 19.9. The number of aromatic nitrogens is 3. The van der Waals surface area contributed by atoms with Crippen molar-refractivity contribution in [3.63, 3.8) is 0 Å². The summed E-state index contributed by atoms with van der Waals surface area (Å²) in [7, 11) is 5.59. The van der Waals surface area contributed by atoms with Gasteiger partial charge in [-0.3, -0.25) is 9.48 Å². The maximum Gasteiger partial charge on any atom is 0.274 e. The molecule has 4 rings (SSSR count). The number of amides is 1. The summed E-state index contributed by atoms with van der Waals surface area (Å²) in [5, 5.41) is 7.09. The Labute approximate surface area is 176 Å². The number of pyridine rings is 1. The molecule has 8 nitrogen and oxygen atoms in total. The Kier molecular flexibility index (Phi) is 5.67. The first-order valence-corrected chi connectivity index (χ1v) is 9.92. The fourth-order valence-electron chi connectivity index (χ4n) is 3.51. The number of nitrogens with zero attached hydrogens (tertiary/aromatic N) is 5. The van der Waals surface area contributed by atoms with E-state index in [0.717, 1.165) is 37.4 Å². The molecule has 2 aromatic heterocycles. The number of hydrogen-bond acceptors (Lipinski definition) is 6. The average molecular weight is 406 g/mol. The van der Waals surface area contributed by atoms with Crippen molar-refractivity contribution in [3.05, 3.63) is 54.5 Å². The number of likely N-dealkylation sites (N-methyl/N-ethyl adjacent to an activating group) is 1. The van der Waals surface area contributed by atoms with E-state index in [4.69, 9.17) is 4.74 Å². The Morgan fingerprint density at radius 1 is 1.10 bits per heavy atom. The summed E-state index contributed by atoms with van der Waals surface area (Å²) >= 11 is 0. The molecular weight excluding hydrogens is 380 g/mol. The van der Waals surface area contributed by atoms with E-state index in [2.05, 4.69) is 32.2 Å². The fourth-order valence-corrected chi connectivity index (χ4v) is 3.51. The van der Waals surface area contributed by atoms with Gasteiger partial charge in [0.05, 0.1) is 24.7 Å². The molecule has 3 aromatic rings. The highest BCUT2D eigenvalue weighted by Crippen LogP contribution is 2.30. The summed E-state index contributed by atoms with van der Waals surface area (Å²) < 4.78 is 7.25. The van der Waals surface area contributed by atoms with Gasteiger partial charge in [-0.05, 0) is 31.3 Å². The van der Waals surface area contributed by atoms with E-state index in [1.807, 2.05) is 43.6 Å². The van der Waals surface area contributed by atoms with Gasteiger partial charge in [-0.2, -0.15) is 5.10 Å². The molecule has 0 spiro atoms. The smallest absolute Gasteiger partial charge is 0.274 e. The van der Waals surface area contributed by atoms with Crippen LogP contribution < -0.4 is 15.0 Å². The number of benzene rings is 1. The van der Waals surface area contributed by atoms with E-state index in [9.17, 15) is 4.79 Å². The molecule has 0 unspecified atom stereocenters. The molecule has 3 heterocycles. The summed E-state index contributed by atoms with van der Waals surface area (Å²) in [5.74, 6) is 0.342. The van der Waals surface area contributed by atoms with Crippen LogP contribution in [-0.4, -0.2) is 65.9 Å². The first-order chi connectivity index (χ1) is 14.5. The van der Waals surface area contributed by atoms with Gasteiger partial charge in [-0.25, -0.2) is 4.98 Å². The van der Waals surface area contributed by atoms with Crippen molar-refractivity contribution in [1.29, 1.82) is 0 Å². The minimum absolute atomic E-state index is 0.286. The molecule has 1 N–H and O–H groups in total. The molecule has 8 heteroatoms. The normalized spacial score (nSPS) is 14.6. The molecule has 1 saturated heterocycles. The molecule has 0 saturated carbocycles. The third-order valence-corrected chi connectivity index (χ3v) is 5.28. The first-order valence-electron chi connectivity index (χ1n) is 9.92. The quantitative estimate of drug-likeness (QED) is 0.702. The molecule has 156 valence electrons. The molecule has 1 aliphatic heterocycles. The van der Waals surface area contributed by atoms with E-state index in [-0.39, 0.29) is 5.91 Å². The molecule has 1 amide bonds. The highest BCUT2D eigenvalue weighted by atomic mass is 16.5. The van der Waals surface area contributed by atoms with Crippen molar-refractivity contribution in [2.24, 2.45) is 7.05 Å². The van der Waals surface area contributed by atoms with Gasteiger partial charge in [0.15, 0.2) is 0 Å². The van der Waals surface area contributed by atoms with Gasteiger partial charge in [-0.1, -0.05) is 6.07 Å². The lowest BCUT2D eigenvalue weighted by Crippen LogP contribution is -2.44. The molecule has 1 aromatic carbocycles. The van der Waals surface area contributed by atoms with E-state index < -0.39 is 0 Å². The Balaban J connectivity index is 1.51. The molecule has 1 aliphatic rings. The summed E-state index contributed by atoms with van der Waals surface area (Å²) in [6.45, 7) is 3.99. The summed E-state index contributed by atoms with van der Waals surface area (Å²) in [4.78, 5) is 22.0. The number of nitrogens with one attached hydrogen (secondary N) is 1. The zero-order valence-corrected chi connectivity index (χ0v) is 17.5.